The van der Waals surface area contributed by atoms with Crippen LogP contribution in [0.4, 0.5) is 5.82 Å². The molecule has 0 aliphatic rings. The molecule has 1 heterocycles. The molecule has 5 heteroatoms. The molecule has 3 nitrogen and oxygen atoms in total. The summed E-state index contributed by atoms with van der Waals surface area (Å²) >= 11 is 11.6. The van der Waals surface area contributed by atoms with E-state index in [1.807, 2.05) is 11.9 Å². The van der Waals surface area contributed by atoms with Gasteiger partial charge in [0, 0.05) is 13.6 Å². The highest BCUT2D eigenvalue weighted by Crippen LogP contribution is 2.22. The van der Waals surface area contributed by atoms with Gasteiger partial charge in [-0.05, 0) is 18.0 Å². The van der Waals surface area contributed by atoms with Crippen molar-refractivity contribution >= 4 is 29.0 Å². The van der Waals surface area contributed by atoms with Gasteiger partial charge in [-0.2, -0.15) is 4.98 Å². The van der Waals surface area contributed by atoms with Gasteiger partial charge in [0.25, 0.3) is 0 Å². The fourth-order valence-electron chi connectivity index (χ4n) is 1.05. The van der Waals surface area contributed by atoms with Crippen molar-refractivity contribution in [2.45, 2.75) is 13.3 Å². The molecule has 1 aromatic heterocycles. The third-order valence-corrected chi connectivity index (χ3v) is 2.07. The molecule has 0 radical (unpaired) electrons. The van der Waals surface area contributed by atoms with Crippen molar-refractivity contribution in [3.63, 3.8) is 0 Å². The van der Waals surface area contributed by atoms with Crippen LogP contribution in [0.5, 0.6) is 0 Å². The highest BCUT2D eigenvalue weighted by atomic mass is 35.5. The van der Waals surface area contributed by atoms with Gasteiger partial charge in [0.15, 0.2) is 5.82 Å². The van der Waals surface area contributed by atoms with E-state index in [0.717, 1.165) is 13.0 Å². The summed E-state index contributed by atoms with van der Waals surface area (Å²) in [5.41, 5.74) is 0. The van der Waals surface area contributed by atoms with E-state index in [1.54, 1.807) is 0 Å². The monoisotopic (exact) mass is 219 g/mol. The minimum absolute atomic E-state index is 0.224. The van der Waals surface area contributed by atoms with E-state index in [2.05, 4.69) is 16.9 Å². The summed E-state index contributed by atoms with van der Waals surface area (Å²) in [4.78, 5) is 9.77. The predicted molar refractivity (Wildman–Crippen MR) is 55.6 cm³/mol. The second-order valence-electron chi connectivity index (χ2n) is 2.73. The van der Waals surface area contributed by atoms with Gasteiger partial charge in [-0.15, -0.1) is 0 Å². The minimum Gasteiger partial charge on any atom is -0.358 e. The maximum Gasteiger partial charge on any atom is 0.224 e. The first-order valence-electron chi connectivity index (χ1n) is 4.04. The summed E-state index contributed by atoms with van der Waals surface area (Å²) in [5, 5.41) is 0.753. The maximum atomic E-state index is 5.90. The number of aromatic nitrogens is 2. The van der Waals surface area contributed by atoms with E-state index in [-0.39, 0.29) is 5.28 Å². The first kappa shape index (κ1) is 10.5. The average Bonchev–Trinajstić information content (AvgIpc) is 2.09. The van der Waals surface area contributed by atoms with Crippen molar-refractivity contribution in [3.8, 4) is 0 Å². The Morgan fingerprint density at radius 3 is 2.77 bits per heavy atom. The van der Waals surface area contributed by atoms with Crippen LogP contribution in [0, 0.1) is 0 Å². The lowest BCUT2D eigenvalue weighted by Gasteiger charge is -2.17. The van der Waals surface area contributed by atoms with Crippen molar-refractivity contribution < 1.29 is 0 Å². The second kappa shape index (κ2) is 4.63. The van der Waals surface area contributed by atoms with E-state index in [4.69, 9.17) is 23.2 Å². The van der Waals surface area contributed by atoms with Gasteiger partial charge in [0.1, 0.15) is 5.02 Å². The van der Waals surface area contributed by atoms with Crippen LogP contribution in [-0.2, 0) is 0 Å². The molecule has 0 aliphatic carbocycles. The van der Waals surface area contributed by atoms with E-state index < -0.39 is 0 Å². The summed E-state index contributed by atoms with van der Waals surface area (Å²) in [5.74, 6) is 0.684. The van der Waals surface area contributed by atoms with Crippen LogP contribution < -0.4 is 4.90 Å². The fourth-order valence-corrected chi connectivity index (χ4v) is 1.41. The summed E-state index contributed by atoms with van der Waals surface area (Å²) < 4.78 is 0. The Balaban J connectivity index is 2.91. The van der Waals surface area contributed by atoms with Crippen molar-refractivity contribution in [2.75, 3.05) is 18.5 Å². The standard InChI is InChI=1S/C8H11Cl2N3/c1-3-4-13(2)7-6(9)5-11-8(10)12-7/h5H,3-4H2,1-2H3. The van der Waals surface area contributed by atoms with Crippen molar-refractivity contribution in [1.29, 1.82) is 0 Å². The second-order valence-corrected chi connectivity index (χ2v) is 3.48. The first-order valence-corrected chi connectivity index (χ1v) is 4.80. The van der Waals surface area contributed by atoms with E-state index in [0.29, 0.717) is 10.8 Å². The summed E-state index contributed by atoms with van der Waals surface area (Å²) in [6.07, 6.45) is 2.55. The third kappa shape index (κ3) is 2.71. The zero-order chi connectivity index (χ0) is 9.84. The number of hydrogen-bond donors (Lipinski definition) is 0. The largest absolute Gasteiger partial charge is 0.358 e. The molecule has 1 rings (SSSR count). The minimum atomic E-state index is 0.224. The Kier molecular flexibility index (Phi) is 3.75. The molecule has 72 valence electrons. The Hall–Kier alpha value is -0.540. The lowest BCUT2D eigenvalue weighted by atomic mass is 10.4. The molecule has 0 unspecified atom stereocenters. The van der Waals surface area contributed by atoms with Crippen LogP contribution in [0.15, 0.2) is 6.20 Å². The number of halogens is 2. The maximum absolute atomic E-state index is 5.90. The molecular weight excluding hydrogens is 209 g/mol. The van der Waals surface area contributed by atoms with E-state index in [1.165, 1.54) is 6.20 Å². The fraction of sp³-hybridized carbons (Fsp3) is 0.500. The molecule has 0 aromatic carbocycles. The molecule has 0 fully saturated rings. The molecule has 0 amide bonds. The number of rotatable bonds is 3. The Morgan fingerprint density at radius 2 is 2.15 bits per heavy atom. The molecule has 0 atom stereocenters. The van der Waals surface area contributed by atoms with E-state index in [9.17, 15) is 0 Å². The summed E-state index contributed by atoms with van der Waals surface area (Å²) in [6, 6.07) is 0. The molecule has 13 heavy (non-hydrogen) atoms. The van der Waals surface area contributed by atoms with Gasteiger partial charge in [-0.25, -0.2) is 4.98 Å². The molecule has 0 aliphatic heterocycles. The zero-order valence-electron chi connectivity index (χ0n) is 7.59. The molecule has 0 bridgehead atoms. The van der Waals surface area contributed by atoms with Crippen LogP contribution in [0.25, 0.3) is 0 Å². The molecule has 0 saturated heterocycles. The Bertz CT molecular complexity index is 291. The zero-order valence-corrected chi connectivity index (χ0v) is 9.10. The normalized spacial score (nSPS) is 10.2. The summed E-state index contributed by atoms with van der Waals surface area (Å²) in [6.45, 7) is 2.99. The van der Waals surface area contributed by atoms with Gasteiger partial charge in [0.2, 0.25) is 5.28 Å². The first-order chi connectivity index (χ1) is 6.15. The van der Waals surface area contributed by atoms with Crippen LogP contribution in [0.2, 0.25) is 10.3 Å². The van der Waals surface area contributed by atoms with Gasteiger partial charge in [-0.3, -0.25) is 0 Å². The van der Waals surface area contributed by atoms with Crippen molar-refractivity contribution in [1.82, 2.24) is 9.97 Å². The van der Waals surface area contributed by atoms with Crippen LogP contribution >= 0.6 is 23.2 Å². The van der Waals surface area contributed by atoms with Crippen LogP contribution in [-0.4, -0.2) is 23.6 Å². The molecular formula is C8H11Cl2N3. The van der Waals surface area contributed by atoms with Gasteiger partial charge in [-0.1, -0.05) is 18.5 Å². The number of nitrogens with zero attached hydrogens (tertiary/aromatic N) is 3. The lowest BCUT2D eigenvalue weighted by molar-refractivity contribution is 0.834. The Labute approximate surface area is 87.7 Å². The highest BCUT2D eigenvalue weighted by Gasteiger charge is 2.07. The van der Waals surface area contributed by atoms with E-state index >= 15 is 0 Å². The third-order valence-electron chi connectivity index (χ3n) is 1.62. The molecule has 0 spiro atoms. The number of hydrogen-bond acceptors (Lipinski definition) is 3. The van der Waals surface area contributed by atoms with Crippen LogP contribution in [0.3, 0.4) is 0 Å². The molecule has 0 N–H and O–H groups in total. The van der Waals surface area contributed by atoms with Gasteiger partial charge < -0.3 is 4.90 Å². The molecule has 1 aromatic rings. The summed E-state index contributed by atoms with van der Waals surface area (Å²) in [7, 11) is 1.92. The lowest BCUT2D eigenvalue weighted by Crippen LogP contribution is -2.19. The predicted octanol–water partition coefficient (Wildman–Crippen LogP) is 2.63. The topological polar surface area (TPSA) is 29.0 Å². The SMILES string of the molecule is CCCN(C)c1nc(Cl)ncc1Cl. The molecule has 0 saturated carbocycles. The average molecular weight is 220 g/mol. The number of anilines is 1. The van der Waals surface area contributed by atoms with Crippen molar-refractivity contribution in [3.05, 3.63) is 16.5 Å². The van der Waals surface area contributed by atoms with Crippen LogP contribution in [0.1, 0.15) is 13.3 Å². The van der Waals surface area contributed by atoms with Crippen molar-refractivity contribution in [2.24, 2.45) is 0 Å². The van der Waals surface area contributed by atoms with Gasteiger partial charge in [0.05, 0.1) is 6.20 Å². The highest BCUT2D eigenvalue weighted by molar-refractivity contribution is 6.33. The quantitative estimate of drug-likeness (QED) is 0.733. The van der Waals surface area contributed by atoms with Gasteiger partial charge >= 0.3 is 0 Å². The Morgan fingerprint density at radius 1 is 1.46 bits per heavy atom. The smallest absolute Gasteiger partial charge is 0.224 e.